The van der Waals surface area contributed by atoms with E-state index in [4.69, 9.17) is 0 Å². The SMILES string of the molecule is O=C(Nc1ncc(Br)nc1Br)c1ccc(F)c(F)c1. The molecule has 0 aliphatic carbocycles. The lowest BCUT2D eigenvalue weighted by Crippen LogP contribution is -2.14. The highest BCUT2D eigenvalue weighted by Gasteiger charge is 2.12. The summed E-state index contributed by atoms with van der Waals surface area (Å²) in [6.45, 7) is 0. The third-order valence-electron chi connectivity index (χ3n) is 2.11. The molecule has 8 heteroatoms. The fraction of sp³-hybridized carbons (Fsp3) is 0. The van der Waals surface area contributed by atoms with Gasteiger partial charge in [0.1, 0.15) is 9.21 Å². The lowest BCUT2D eigenvalue weighted by atomic mass is 10.2. The van der Waals surface area contributed by atoms with Crippen LogP contribution in [0.4, 0.5) is 14.6 Å². The number of nitrogens with one attached hydrogen (secondary N) is 1. The molecule has 0 bridgehead atoms. The van der Waals surface area contributed by atoms with E-state index in [0.29, 0.717) is 9.21 Å². The lowest BCUT2D eigenvalue weighted by molar-refractivity contribution is 0.102. The van der Waals surface area contributed by atoms with Crippen molar-refractivity contribution in [3.05, 3.63) is 50.8 Å². The Hall–Kier alpha value is -1.41. The number of anilines is 1. The summed E-state index contributed by atoms with van der Waals surface area (Å²) in [5.74, 6) is -2.54. The second kappa shape index (κ2) is 5.70. The number of benzene rings is 1. The van der Waals surface area contributed by atoms with Crippen LogP contribution in [0.5, 0.6) is 0 Å². The van der Waals surface area contributed by atoms with Gasteiger partial charge >= 0.3 is 0 Å². The van der Waals surface area contributed by atoms with Gasteiger partial charge in [0.2, 0.25) is 0 Å². The molecule has 2 rings (SSSR count). The van der Waals surface area contributed by atoms with E-state index in [0.717, 1.165) is 12.1 Å². The summed E-state index contributed by atoms with van der Waals surface area (Å²) in [6.07, 6.45) is 1.39. The molecule has 1 N–H and O–H groups in total. The molecule has 1 amide bonds. The Labute approximate surface area is 123 Å². The number of aromatic nitrogens is 2. The molecule has 1 aromatic heterocycles. The van der Waals surface area contributed by atoms with E-state index in [-0.39, 0.29) is 11.4 Å². The Kier molecular flexibility index (Phi) is 4.20. The maximum Gasteiger partial charge on any atom is 0.256 e. The van der Waals surface area contributed by atoms with Crippen LogP contribution < -0.4 is 5.32 Å². The Morgan fingerprint density at radius 2 is 1.95 bits per heavy atom. The molecule has 0 aliphatic rings. The number of carbonyl (C=O) groups is 1. The Bertz CT molecular complexity index is 652. The van der Waals surface area contributed by atoms with Gasteiger partial charge in [-0.25, -0.2) is 18.7 Å². The number of nitrogens with zero attached hydrogens (tertiary/aromatic N) is 2. The van der Waals surface area contributed by atoms with Gasteiger partial charge in [-0.2, -0.15) is 0 Å². The van der Waals surface area contributed by atoms with Crippen LogP contribution in [0.15, 0.2) is 33.6 Å². The molecular weight excluding hydrogens is 388 g/mol. The van der Waals surface area contributed by atoms with Crippen molar-refractivity contribution < 1.29 is 13.6 Å². The minimum Gasteiger partial charge on any atom is -0.304 e. The third kappa shape index (κ3) is 3.32. The second-order valence-electron chi connectivity index (χ2n) is 3.42. The summed E-state index contributed by atoms with van der Waals surface area (Å²) in [5, 5.41) is 2.43. The predicted molar refractivity (Wildman–Crippen MR) is 71.7 cm³/mol. The fourth-order valence-corrected chi connectivity index (χ4v) is 2.16. The molecule has 0 saturated carbocycles. The van der Waals surface area contributed by atoms with Crippen LogP contribution in [0.25, 0.3) is 0 Å². The average molecular weight is 393 g/mol. The van der Waals surface area contributed by atoms with E-state index in [1.54, 1.807) is 0 Å². The molecular formula is C11H5Br2F2N3O. The van der Waals surface area contributed by atoms with Crippen LogP contribution in [0.1, 0.15) is 10.4 Å². The number of hydrogen-bond acceptors (Lipinski definition) is 3. The largest absolute Gasteiger partial charge is 0.304 e. The van der Waals surface area contributed by atoms with Crippen molar-refractivity contribution in [1.29, 1.82) is 0 Å². The third-order valence-corrected chi connectivity index (χ3v) is 3.05. The summed E-state index contributed by atoms with van der Waals surface area (Å²) in [7, 11) is 0. The summed E-state index contributed by atoms with van der Waals surface area (Å²) in [6, 6.07) is 2.87. The van der Waals surface area contributed by atoms with Crippen LogP contribution in [0.2, 0.25) is 0 Å². The summed E-state index contributed by atoms with van der Waals surface area (Å²) >= 11 is 6.24. The van der Waals surface area contributed by atoms with E-state index in [1.807, 2.05) is 0 Å². The first-order valence-electron chi connectivity index (χ1n) is 4.92. The molecule has 0 fully saturated rings. The number of amides is 1. The highest BCUT2D eigenvalue weighted by Crippen LogP contribution is 2.20. The van der Waals surface area contributed by atoms with Crippen molar-refractivity contribution in [2.75, 3.05) is 5.32 Å². The topological polar surface area (TPSA) is 54.9 Å². The van der Waals surface area contributed by atoms with Crippen molar-refractivity contribution in [3.8, 4) is 0 Å². The highest BCUT2D eigenvalue weighted by molar-refractivity contribution is 9.11. The van der Waals surface area contributed by atoms with E-state index in [1.165, 1.54) is 12.3 Å². The van der Waals surface area contributed by atoms with Crippen molar-refractivity contribution in [2.45, 2.75) is 0 Å². The van der Waals surface area contributed by atoms with Gasteiger partial charge in [-0.1, -0.05) is 0 Å². The van der Waals surface area contributed by atoms with E-state index in [2.05, 4.69) is 47.1 Å². The molecule has 0 aliphatic heterocycles. The molecule has 0 saturated heterocycles. The molecule has 1 aromatic carbocycles. The summed E-state index contributed by atoms with van der Waals surface area (Å²) in [5.41, 5.74) is -0.0180. The van der Waals surface area contributed by atoms with E-state index in [9.17, 15) is 13.6 Å². The second-order valence-corrected chi connectivity index (χ2v) is 4.98. The van der Waals surface area contributed by atoms with Gasteiger partial charge in [0.05, 0.1) is 6.20 Å². The van der Waals surface area contributed by atoms with Gasteiger partial charge in [0.15, 0.2) is 17.5 Å². The van der Waals surface area contributed by atoms with Crippen LogP contribution >= 0.6 is 31.9 Å². The molecule has 0 spiro atoms. The fourth-order valence-electron chi connectivity index (χ4n) is 1.25. The Morgan fingerprint density at radius 1 is 1.21 bits per heavy atom. The van der Waals surface area contributed by atoms with Gasteiger partial charge < -0.3 is 5.32 Å². The molecule has 0 radical (unpaired) electrons. The number of hydrogen-bond donors (Lipinski definition) is 1. The maximum atomic E-state index is 13.0. The molecule has 2 aromatic rings. The quantitative estimate of drug-likeness (QED) is 0.850. The van der Waals surface area contributed by atoms with Gasteiger partial charge in [-0.3, -0.25) is 4.79 Å². The smallest absolute Gasteiger partial charge is 0.256 e. The molecule has 1 heterocycles. The number of halogens is 4. The van der Waals surface area contributed by atoms with Crippen LogP contribution in [0.3, 0.4) is 0 Å². The van der Waals surface area contributed by atoms with Crippen LogP contribution in [-0.4, -0.2) is 15.9 Å². The van der Waals surface area contributed by atoms with Crippen molar-refractivity contribution >= 4 is 43.6 Å². The number of carbonyl (C=O) groups excluding carboxylic acids is 1. The lowest BCUT2D eigenvalue weighted by Gasteiger charge is -2.06. The van der Waals surface area contributed by atoms with E-state index >= 15 is 0 Å². The number of rotatable bonds is 2. The first-order valence-corrected chi connectivity index (χ1v) is 6.50. The van der Waals surface area contributed by atoms with Crippen molar-refractivity contribution in [3.63, 3.8) is 0 Å². The summed E-state index contributed by atoms with van der Waals surface area (Å²) < 4.78 is 26.6. The molecule has 0 unspecified atom stereocenters. The Balaban J connectivity index is 2.23. The predicted octanol–water partition coefficient (Wildman–Crippen LogP) is 3.53. The molecule has 4 nitrogen and oxygen atoms in total. The van der Waals surface area contributed by atoms with Crippen LogP contribution in [-0.2, 0) is 0 Å². The standard InChI is InChI=1S/C11H5Br2F2N3O/c12-8-4-16-10(9(13)17-8)18-11(19)5-1-2-6(14)7(15)3-5/h1-4H,(H,16,18,19). The Morgan fingerprint density at radius 3 is 2.58 bits per heavy atom. The zero-order chi connectivity index (χ0) is 14.0. The monoisotopic (exact) mass is 391 g/mol. The van der Waals surface area contributed by atoms with Gasteiger partial charge in [0, 0.05) is 5.56 Å². The average Bonchev–Trinajstić information content (AvgIpc) is 2.36. The minimum atomic E-state index is -1.09. The van der Waals surface area contributed by atoms with Crippen LogP contribution in [0, 0.1) is 11.6 Å². The van der Waals surface area contributed by atoms with Gasteiger partial charge in [0.25, 0.3) is 5.91 Å². The first kappa shape index (κ1) is 14.0. The molecule has 98 valence electrons. The molecule has 19 heavy (non-hydrogen) atoms. The van der Waals surface area contributed by atoms with Gasteiger partial charge in [-0.05, 0) is 50.1 Å². The van der Waals surface area contributed by atoms with Gasteiger partial charge in [-0.15, -0.1) is 0 Å². The highest BCUT2D eigenvalue weighted by atomic mass is 79.9. The first-order chi connectivity index (χ1) is 8.97. The minimum absolute atomic E-state index is 0.0180. The summed E-state index contributed by atoms with van der Waals surface area (Å²) in [4.78, 5) is 19.7. The zero-order valence-corrected chi connectivity index (χ0v) is 12.3. The van der Waals surface area contributed by atoms with E-state index < -0.39 is 17.5 Å². The maximum absolute atomic E-state index is 13.0. The van der Waals surface area contributed by atoms with Crippen molar-refractivity contribution in [2.24, 2.45) is 0 Å². The normalized spacial score (nSPS) is 10.3. The van der Waals surface area contributed by atoms with Crippen molar-refractivity contribution in [1.82, 2.24) is 9.97 Å². The zero-order valence-electron chi connectivity index (χ0n) is 9.12. The molecule has 0 atom stereocenters.